The zero-order valence-corrected chi connectivity index (χ0v) is 12.2. The van der Waals surface area contributed by atoms with Crippen molar-refractivity contribution in [1.29, 1.82) is 0 Å². The summed E-state index contributed by atoms with van der Waals surface area (Å²) in [4.78, 5) is 0. The second-order valence-corrected chi connectivity index (χ2v) is 4.78. The largest absolute Gasteiger partial charge is 0.489 e. The summed E-state index contributed by atoms with van der Waals surface area (Å²) in [5.41, 5.74) is 7.67. The summed E-state index contributed by atoms with van der Waals surface area (Å²) in [5.74, 6) is 0.738. The highest BCUT2D eigenvalue weighted by Gasteiger charge is 2.06. The first-order valence-electron chi connectivity index (χ1n) is 7.02. The van der Waals surface area contributed by atoms with Crippen molar-refractivity contribution in [2.24, 2.45) is 0 Å². The molecule has 0 spiro atoms. The molecule has 4 heteroatoms. The van der Waals surface area contributed by atoms with Crippen molar-refractivity contribution in [1.82, 2.24) is 0 Å². The van der Waals surface area contributed by atoms with E-state index in [1.807, 2.05) is 32.0 Å². The van der Waals surface area contributed by atoms with Gasteiger partial charge < -0.3 is 20.5 Å². The second kappa shape index (κ2) is 8.64. The molecule has 1 rings (SSSR count). The minimum absolute atomic E-state index is 0.125. The molecule has 0 bridgehead atoms. The SMILES string of the molecule is CCCOCCCNc1cccc(OC(C)C)c1N. The number of nitrogens with one attached hydrogen (secondary N) is 1. The Bertz CT molecular complexity index is 367. The lowest BCUT2D eigenvalue weighted by atomic mass is 10.2. The minimum Gasteiger partial charge on any atom is -0.489 e. The molecule has 0 unspecified atom stereocenters. The molecule has 0 saturated carbocycles. The van der Waals surface area contributed by atoms with Gasteiger partial charge in [0.05, 0.1) is 17.5 Å². The first kappa shape index (κ1) is 15.6. The molecule has 0 heterocycles. The van der Waals surface area contributed by atoms with E-state index >= 15 is 0 Å². The van der Waals surface area contributed by atoms with E-state index in [9.17, 15) is 0 Å². The third-order valence-corrected chi connectivity index (χ3v) is 2.56. The third kappa shape index (κ3) is 5.83. The fourth-order valence-electron chi connectivity index (χ4n) is 1.70. The summed E-state index contributed by atoms with van der Waals surface area (Å²) in [6, 6.07) is 5.81. The molecule has 0 atom stereocenters. The number of rotatable bonds is 9. The van der Waals surface area contributed by atoms with E-state index in [4.69, 9.17) is 15.2 Å². The summed E-state index contributed by atoms with van der Waals surface area (Å²) in [7, 11) is 0. The summed E-state index contributed by atoms with van der Waals surface area (Å²) < 4.78 is 11.1. The monoisotopic (exact) mass is 266 g/mol. The van der Waals surface area contributed by atoms with Crippen LogP contribution < -0.4 is 15.8 Å². The Morgan fingerprint density at radius 1 is 1.26 bits per heavy atom. The molecule has 0 fully saturated rings. The Morgan fingerprint density at radius 3 is 2.74 bits per heavy atom. The van der Waals surface area contributed by atoms with Crippen LogP contribution in [0, 0.1) is 0 Å². The van der Waals surface area contributed by atoms with Gasteiger partial charge in [-0.25, -0.2) is 0 Å². The van der Waals surface area contributed by atoms with Crippen LogP contribution in [-0.4, -0.2) is 25.9 Å². The fourth-order valence-corrected chi connectivity index (χ4v) is 1.70. The predicted octanol–water partition coefficient (Wildman–Crippen LogP) is 3.28. The van der Waals surface area contributed by atoms with Gasteiger partial charge in [-0.3, -0.25) is 0 Å². The molecular formula is C15H26N2O2. The lowest BCUT2D eigenvalue weighted by Gasteiger charge is -2.15. The van der Waals surface area contributed by atoms with Crippen molar-refractivity contribution < 1.29 is 9.47 Å². The van der Waals surface area contributed by atoms with E-state index in [1.165, 1.54) is 0 Å². The molecule has 0 amide bonds. The van der Waals surface area contributed by atoms with Crippen molar-refractivity contribution in [3.8, 4) is 5.75 Å². The molecule has 3 N–H and O–H groups in total. The molecule has 19 heavy (non-hydrogen) atoms. The lowest BCUT2D eigenvalue weighted by Crippen LogP contribution is -2.10. The van der Waals surface area contributed by atoms with Gasteiger partial charge in [-0.1, -0.05) is 13.0 Å². The van der Waals surface area contributed by atoms with E-state index in [0.717, 1.165) is 44.0 Å². The summed E-state index contributed by atoms with van der Waals surface area (Å²) >= 11 is 0. The van der Waals surface area contributed by atoms with Gasteiger partial charge in [-0.05, 0) is 38.8 Å². The van der Waals surface area contributed by atoms with Crippen LogP contribution in [-0.2, 0) is 4.74 Å². The Kier molecular flexibility index (Phi) is 7.11. The quantitative estimate of drug-likeness (QED) is 0.532. The zero-order chi connectivity index (χ0) is 14.1. The van der Waals surface area contributed by atoms with Gasteiger partial charge in [0.1, 0.15) is 5.75 Å². The Labute approximate surface area is 116 Å². The number of hydrogen-bond donors (Lipinski definition) is 2. The standard InChI is InChI=1S/C15H26N2O2/c1-4-10-18-11-6-9-17-13-7-5-8-14(15(13)16)19-12(2)3/h5,7-8,12,17H,4,6,9-11,16H2,1-3H3. The Balaban J connectivity index is 2.41. The van der Waals surface area contributed by atoms with Crippen LogP contribution in [0.2, 0.25) is 0 Å². The minimum atomic E-state index is 0.125. The first-order chi connectivity index (χ1) is 9.15. The van der Waals surface area contributed by atoms with E-state index in [-0.39, 0.29) is 6.10 Å². The third-order valence-electron chi connectivity index (χ3n) is 2.56. The number of hydrogen-bond acceptors (Lipinski definition) is 4. The van der Waals surface area contributed by atoms with Crippen molar-refractivity contribution >= 4 is 11.4 Å². The molecule has 1 aromatic rings. The number of ether oxygens (including phenoxy) is 2. The summed E-state index contributed by atoms with van der Waals surface area (Å²) in [5, 5.41) is 3.32. The van der Waals surface area contributed by atoms with Crippen LogP contribution >= 0.6 is 0 Å². The van der Waals surface area contributed by atoms with Gasteiger partial charge in [0, 0.05) is 19.8 Å². The van der Waals surface area contributed by atoms with Crippen molar-refractivity contribution in [2.45, 2.75) is 39.7 Å². The average Bonchev–Trinajstić information content (AvgIpc) is 2.37. The zero-order valence-electron chi connectivity index (χ0n) is 12.2. The summed E-state index contributed by atoms with van der Waals surface area (Å²) in [6.45, 7) is 8.55. The topological polar surface area (TPSA) is 56.5 Å². The normalized spacial score (nSPS) is 10.7. The number of para-hydroxylation sites is 1. The number of anilines is 2. The van der Waals surface area contributed by atoms with Crippen molar-refractivity contribution in [3.05, 3.63) is 18.2 Å². The van der Waals surface area contributed by atoms with Crippen LogP contribution in [0.3, 0.4) is 0 Å². The van der Waals surface area contributed by atoms with Gasteiger partial charge in [-0.15, -0.1) is 0 Å². The lowest BCUT2D eigenvalue weighted by molar-refractivity contribution is 0.134. The van der Waals surface area contributed by atoms with Gasteiger partial charge in [0.15, 0.2) is 0 Å². The van der Waals surface area contributed by atoms with E-state index < -0.39 is 0 Å². The van der Waals surface area contributed by atoms with Crippen LogP contribution in [0.25, 0.3) is 0 Å². The molecule has 0 aliphatic carbocycles. The second-order valence-electron chi connectivity index (χ2n) is 4.78. The Hall–Kier alpha value is -1.42. The smallest absolute Gasteiger partial charge is 0.144 e. The maximum Gasteiger partial charge on any atom is 0.144 e. The molecule has 0 aliphatic rings. The number of benzene rings is 1. The van der Waals surface area contributed by atoms with Gasteiger partial charge in [0.2, 0.25) is 0 Å². The maximum atomic E-state index is 6.08. The van der Waals surface area contributed by atoms with E-state index in [1.54, 1.807) is 0 Å². The average molecular weight is 266 g/mol. The van der Waals surface area contributed by atoms with E-state index in [2.05, 4.69) is 12.2 Å². The molecular weight excluding hydrogens is 240 g/mol. The van der Waals surface area contributed by atoms with Crippen LogP contribution in [0.15, 0.2) is 18.2 Å². The van der Waals surface area contributed by atoms with Gasteiger partial charge in [0.25, 0.3) is 0 Å². The van der Waals surface area contributed by atoms with Gasteiger partial charge >= 0.3 is 0 Å². The predicted molar refractivity (Wildman–Crippen MR) is 80.8 cm³/mol. The molecule has 4 nitrogen and oxygen atoms in total. The van der Waals surface area contributed by atoms with Crippen molar-refractivity contribution in [2.75, 3.05) is 30.8 Å². The van der Waals surface area contributed by atoms with Crippen molar-refractivity contribution in [3.63, 3.8) is 0 Å². The molecule has 108 valence electrons. The number of nitrogen functional groups attached to an aromatic ring is 1. The van der Waals surface area contributed by atoms with E-state index in [0.29, 0.717) is 5.69 Å². The molecule has 0 saturated heterocycles. The van der Waals surface area contributed by atoms with Crippen LogP contribution in [0.4, 0.5) is 11.4 Å². The Morgan fingerprint density at radius 2 is 2.05 bits per heavy atom. The maximum absolute atomic E-state index is 6.08. The summed E-state index contributed by atoms with van der Waals surface area (Å²) in [6.07, 6.45) is 2.16. The van der Waals surface area contributed by atoms with Crippen LogP contribution in [0.1, 0.15) is 33.6 Å². The highest BCUT2D eigenvalue weighted by atomic mass is 16.5. The highest BCUT2D eigenvalue weighted by molar-refractivity contribution is 5.72. The number of nitrogens with two attached hydrogens (primary N) is 1. The molecule has 0 radical (unpaired) electrons. The highest BCUT2D eigenvalue weighted by Crippen LogP contribution is 2.29. The first-order valence-corrected chi connectivity index (χ1v) is 7.02. The van der Waals surface area contributed by atoms with Crippen LogP contribution in [0.5, 0.6) is 5.75 Å². The molecule has 0 aliphatic heterocycles. The van der Waals surface area contributed by atoms with Gasteiger partial charge in [-0.2, -0.15) is 0 Å². The molecule has 1 aromatic carbocycles. The molecule has 0 aromatic heterocycles. The fraction of sp³-hybridized carbons (Fsp3) is 0.600.